The molecular formula is C33H32ClN3O3. The SMILES string of the molecule is Cl.c1ccc(COc2ccc3cc(-c4nc(OCCN5CCOCC5)cc(-c5ccccc5)n4)ccc3c2)cc1. The summed E-state index contributed by atoms with van der Waals surface area (Å²) in [4.78, 5) is 12.1. The lowest BCUT2D eigenvalue weighted by Crippen LogP contribution is -2.38. The molecule has 204 valence electrons. The second-order valence-electron chi connectivity index (χ2n) is 9.58. The van der Waals surface area contributed by atoms with Crippen LogP contribution in [0.25, 0.3) is 33.4 Å². The van der Waals surface area contributed by atoms with Crippen molar-refractivity contribution >= 4 is 23.2 Å². The van der Waals surface area contributed by atoms with Crippen LogP contribution >= 0.6 is 12.4 Å². The van der Waals surface area contributed by atoms with Gasteiger partial charge in [-0.25, -0.2) is 4.98 Å². The van der Waals surface area contributed by atoms with Gasteiger partial charge in [0.25, 0.3) is 0 Å². The minimum absolute atomic E-state index is 0. The average Bonchev–Trinajstić information content (AvgIpc) is 3.01. The van der Waals surface area contributed by atoms with Gasteiger partial charge in [0, 0.05) is 36.8 Å². The number of hydrogen-bond acceptors (Lipinski definition) is 6. The van der Waals surface area contributed by atoms with Gasteiger partial charge in [-0.3, -0.25) is 4.90 Å². The number of halogens is 1. The number of nitrogens with zero attached hydrogens (tertiary/aromatic N) is 3. The average molecular weight is 554 g/mol. The molecule has 0 atom stereocenters. The normalized spacial score (nSPS) is 13.5. The molecule has 1 saturated heterocycles. The lowest BCUT2D eigenvalue weighted by molar-refractivity contribution is 0.0320. The highest BCUT2D eigenvalue weighted by atomic mass is 35.5. The van der Waals surface area contributed by atoms with Gasteiger partial charge in [-0.15, -0.1) is 12.4 Å². The summed E-state index contributed by atoms with van der Waals surface area (Å²) in [6.07, 6.45) is 0. The molecule has 1 fully saturated rings. The number of morpholine rings is 1. The maximum atomic E-state index is 6.15. The quantitative estimate of drug-likeness (QED) is 0.203. The van der Waals surface area contributed by atoms with Crippen LogP contribution in [0, 0.1) is 0 Å². The molecule has 0 bridgehead atoms. The first-order chi connectivity index (χ1) is 19.3. The molecule has 6 rings (SSSR count). The Bertz CT molecular complexity index is 1530. The summed E-state index contributed by atoms with van der Waals surface area (Å²) < 4.78 is 17.6. The van der Waals surface area contributed by atoms with Crippen molar-refractivity contribution in [3.05, 3.63) is 109 Å². The zero-order valence-electron chi connectivity index (χ0n) is 22.2. The van der Waals surface area contributed by atoms with Gasteiger partial charge >= 0.3 is 0 Å². The third kappa shape index (κ3) is 6.96. The van der Waals surface area contributed by atoms with Gasteiger partial charge in [0.1, 0.15) is 19.0 Å². The highest BCUT2D eigenvalue weighted by Gasteiger charge is 2.13. The van der Waals surface area contributed by atoms with Crippen LogP contribution in [0.2, 0.25) is 0 Å². The molecule has 0 saturated carbocycles. The highest BCUT2D eigenvalue weighted by Crippen LogP contribution is 2.29. The second kappa shape index (κ2) is 13.4. The smallest absolute Gasteiger partial charge is 0.217 e. The van der Waals surface area contributed by atoms with E-state index in [9.17, 15) is 0 Å². The van der Waals surface area contributed by atoms with Crippen LogP contribution < -0.4 is 9.47 Å². The van der Waals surface area contributed by atoms with Gasteiger partial charge in [0.15, 0.2) is 5.82 Å². The Labute approximate surface area is 241 Å². The molecule has 0 radical (unpaired) electrons. The van der Waals surface area contributed by atoms with E-state index >= 15 is 0 Å². The molecule has 1 aliphatic heterocycles. The van der Waals surface area contributed by atoms with Gasteiger partial charge in [-0.2, -0.15) is 4.98 Å². The van der Waals surface area contributed by atoms with E-state index in [0.29, 0.717) is 24.9 Å². The van der Waals surface area contributed by atoms with Crippen LogP contribution in [-0.2, 0) is 11.3 Å². The van der Waals surface area contributed by atoms with Crippen LogP contribution in [0.5, 0.6) is 11.6 Å². The van der Waals surface area contributed by atoms with Crippen LogP contribution in [0.1, 0.15) is 5.56 Å². The number of fused-ring (bicyclic) bond motifs is 1. The van der Waals surface area contributed by atoms with Crippen molar-refractivity contribution in [3.8, 4) is 34.3 Å². The molecular weight excluding hydrogens is 522 g/mol. The van der Waals surface area contributed by atoms with Gasteiger partial charge < -0.3 is 14.2 Å². The Morgan fingerprint density at radius 2 is 1.43 bits per heavy atom. The Morgan fingerprint density at radius 3 is 2.23 bits per heavy atom. The molecule has 7 heteroatoms. The first-order valence-corrected chi connectivity index (χ1v) is 13.4. The second-order valence-corrected chi connectivity index (χ2v) is 9.58. The highest BCUT2D eigenvalue weighted by molar-refractivity contribution is 5.87. The monoisotopic (exact) mass is 553 g/mol. The summed E-state index contributed by atoms with van der Waals surface area (Å²) in [5.41, 5.74) is 3.95. The number of hydrogen-bond donors (Lipinski definition) is 0. The molecule has 1 aliphatic rings. The van der Waals surface area contributed by atoms with Crippen LogP contribution in [0.3, 0.4) is 0 Å². The summed E-state index contributed by atoms with van der Waals surface area (Å²) >= 11 is 0. The summed E-state index contributed by atoms with van der Waals surface area (Å²) in [5, 5.41) is 2.20. The Hall–Kier alpha value is -3.97. The standard InChI is InChI=1S/C33H31N3O3.ClH/c1-3-7-25(8-4-1)24-39-30-14-13-27-21-29(12-11-28(27)22-30)33-34-31(26-9-5-2-6-10-26)23-32(35-33)38-20-17-36-15-18-37-19-16-36;/h1-14,21-23H,15-20,24H2;1H. The van der Waals surface area contributed by atoms with E-state index in [1.165, 1.54) is 0 Å². The summed E-state index contributed by atoms with van der Waals surface area (Å²) in [6, 6.07) is 34.7. The van der Waals surface area contributed by atoms with E-state index in [4.69, 9.17) is 24.2 Å². The summed E-state index contributed by atoms with van der Waals surface area (Å²) in [5.74, 6) is 2.07. The minimum atomic E-state index is 0. The first-order valence-electron chi connectivity index (χ1n) is 13.4. The zero-order valence-corrected chi connectivity index (χ0v) is 23.1. The topological polar surface area (TPSA) is 56.7 Å². The van der Waals surface area contributed by atoms with Crippen molar-refractivity contribution in [1.82, 2.24) is 14.9 Å². The van der Waals surface area contributed by atoms with E-state index in [0.717, 1.165) is 71.8 Å². The van der Waals surface area contributed by atoms with Gasteiger partial charge in [0.2, 0.25) is 5.88 Å². The molecule has 0 aliphatic carbocycles. The fourth-order valence-electron chi connectivity index (χ4n) is 4.68. The molecule has 5 aromatic rings. The fourth-order valence-corrected chi connectivity index (χ4v) is 4.68. The van der Waals surface area contributed by atoms with E-state index in [-0.39, 0.29) is 12.4 Å². The molecule has 0 N–H and O–H groups in total. The third-order valence-corrected chi connectivity index (χ3v) is 6.85. The largest absolute Gasteiger partial charge is 0.489 e. The van der Waals surface area contributed by atoms with Gasteiger partial charge in [0.05, 0.1) is 18.9 Å². The lowest BCUT2D eigenvalue weighted by atomic mass is 10.1. The number of ether oxygens (including phenoxy) is 3. The molecule has 0 unspecified atom stereocenters. The predicted molar refractivity (Wildman–Crippen MR) is 161 cm³/mol. The zero-order chi connectivity index (χ0) is 26.3. The Kier molecular flexibility index (Phi) is 9.24. The molecule has 1 aromatic heterocycles. The van der Waals surface area contributed by atoms with Crippen molar-refractivity contribution in [3.63, 3.8) is 0 Å². The van der Waals surface area contributed by atoms with Crippen molar-refractivity contribution < 1.29 is 14.2 Å². The first kappa shape index (κ1) is 27.6. The van der Waals surface area contributed by atoms with Crippen molar-refractivity contribution in [1.29, 1.82) is 0 Å². The Balaban J connectivity index is 0.00000323. The maximum Gasteiger partial charge on any atom is 0.217 e. The Morgan fingerprint density at radius 1 is 0.700 bits per heavy atom. The van der Waals surface area contributed by atoms with Gasteiger partial charge in [-0.1, -0.05) is 78.9 Å². The van der Waals surface area contributed by atoms with Crippen LogP contribution in [0.4, 0.5) is 0 Å². The van der Waals surface area contributed by atoms with E-state index in [1.54, 1.807) is 0 Å². The minimum Gasteiger partial charge on any atom is -0.489 e. The lowest BCUT2D eigenvalue weighted by Gasteiger charge is -2.26. The fraction of sp³-hybridized carbons (Fsp3) is 0.212. The van der Waals surface area contributed by atoms with Gasteiger partial charge in [-0.05, 0) is 34.5 Å². The molecule has 6 nitrogen and oxygen atoms in total. The van der Waals surface area contributed by atoms with E-state index in [2.05, 4.69) is 59.5 Å². The molecule has 0 amide bonds. The predicted octanol–water partition coefficient (Wildman–Crippen LogP) is 6.68. The molecule has 4 aromatic carbocycles. The third-order valence-electron chi connectivity index (χ3n) is 6.85. The number of benzene rings is 4. The number of aromatic nitrogens is 2. The van der Waals surface area contributed by atoms with Crippen molar-refractivity contribution in [2.75, 3.05) is 39.5 Å². The van der Waals surface area contributed by atoms with Crippen molar-refractivity contribution in [2.24, 2.45) is 0 Å². The van der Waals surface area contributed by atoms with E-state index in [1.807, 2.05) is 48.5 Å². The summed E-state index contributed by atoms with van der Waals surface area (Å²) in [7, 11) is 0. The van der Waals surface area contributed by atoms with Crippen LogP contribution in [-0.4, -0.2) is 54.3 Å². The maximum absolute atomic E-state index is 6.15. The van der Waals surface area contributed by atoms with E-state index < -0.39 is 0 Å². The number of rotatable bonds is 9. The van der Waals surface area contributed by atoms with Crippen molar-refractivity contribution in [2.45, 2.75) is 6.61 Å². The molecule has 40 heavy (non-hydrogen) atoms. The molecule has 0 spiro atoms. The molecule has 2 heterocycles. The van der Waals surface area contributed by atoms with Crippen LogP contribution in [0.15, 0.2) is 103 Å². The summed E-state index contributed by atoms with van der Waals surface area (Å²) in [6.45, 7) is 5.37.